The minimum atomic E-state index is 0.261. The monoisotopic (exact) mass is 233 g/mol. The minimum Gasteiger partial charge on any atom is -0.317 e. The van der Waals surface area contributed by atoms with Crippen molar-refractivity contribution < 1.29 is 0 Å². The van der Waals surface area contributed by atoms with E-state index < -0.39 is 0 Å². The van der Waals surface area contributed by atoms with E-state index in [0.717, 1.165) is 13.1 Å². The lowest BCUT2D eigenvalue weighted by atomic mass is 9.80. The van der Waals surface area contributed by atoms with Crippen LogP contribution in [0, 0.1) is 13.8 Å². The van der Waals surface area contributed by atoms with Crippen molar-refractivity contribution in [3.05, 3.63) is 34.9 Å². The molecule has 1 rings (SSSR count). The van der Waals surface area contributed by atoms with Gasteiger partial charge < -0.3 is 5.32 Å². The van der Waals surface area contributed by atoms with E-state index in [4.69, 9.17) is 0 Å². The summed E-state index contributed by atoms with van der Waals surface area (Å²) in [6.07, 6.45) is 2.40. The third kappa shape index (κ3) is 4.51. The van der Waals surface area contributed by atoms with Gasteiger partial charge in [-0.15, -0.1) is 0 Å². The number of aryl methyl sites for hydroxylation is 2. The average Bonchev–Trinajstić information content (AvgIpc) is 2.23. The number of rotatable bonds is 6. The van der Waals surface area contributed by atoms with Gasteiger partial charge in [0.05, 0.1) is 0 Å². The summed E-state index contributed by atoms with van der Waals surface area (Å²) in [6, 6.07) is 6.90. The molecule has 0 aromatic heterocycles. The van der Waals surface area contributed by atoms with Crippen LogP contribution in [0.5, 0.6) is 0 Å². The molecule has 0 aliphatic carbocycles. The van der Waals surface area contributed by atoms with Gasteiger partial charge in [-0.25, -0.2) is 0 Å². The Kier molecular flexibility index (Phi) is 5.20. The molecule has 0 amide bonds. The Morgan fingerprint density at radius 1 is 1.00 bits per heavy atom. The van der Waals surface area contributed by atoms with Crippen molar-refractivity contribution in [1.82, 2.24) is 5.32 Å². The predicted octanol–water partition coefficient (Wildman–Crippen LogP) is 3.97. The first-order valence-corrected chi connectivity index (χ1v) is 6.75. The molecule has 0 spiro atoms. The summed E-state index contributed by atoms with van der Waals surface area (Å²) >= 11 is 0. The first-order valence-electron chi connectivity index (χ1n) is 6.75. The Morgan fingerprint density at radius 3 is 2.12 bits per heavy atom. The molecule has 0 saturated carbocycles. The summed E-state index contributed by atoms with van der Waals surface area (Å²) in [5.74, 6) is 0. The smallest absolute Gasteiger partial charge is 0.00406 e. The van der Waals surface area contributed by atoms with Crippen molar-refractivity contribution in [3.8, 4) is 0 Å². The highest BCUT2D eigenvalue weighted by Crippen LogP contribution is 2.28. The van der Waals surface area contributed by atoms with Crippen LogP contribution in [-0.4, -0.2) is 13.1 Å². The molecule has 1 aromatic carbocycles. The van der Waals surface area contributed by atoms with Gasteiger partial charge in [-0.05, 0) is 50.8 Å². The Morgan fingerprint density at radius 2 is 1.59 bits per heavy atom. The second-order valence-electron chi connectivity index (χ2n) is 5.76. The Balaban J connectivity index is 2.67. The predicted molar refractivity (Wildman–Crippen MR) is 76.7 cm³/mol. The van der Waals surface area contributed by atoms with Crippen LogP contribution in [0.1, 0.15) is 50.3 Å². The van der Waals surface area contributed by atoms with Gasteiger partial charge in [0.15, 0.2) is 0 Å². The Bertz CT molecular complexity index is 332. The van der Waals surface area contributed by atoms with Crippen molar-refractivity contribution in [1.29, 1.82) is 0 Å². The molecule has 1 heteroatoms. The summed E-state index contributed by atoms with van der Waals surface area (Å²) in [5.41, 5.74) is 4.47. The van der Waals surface area contributed by atoms with Gasteiger partial charge in [-0.3, -0.25) is 0 Å². The maximum absolute atomic E-state index is 3.49. The minimum absolute atomic E-state index is 0.261. The van der Waals surface area contributed by atoms with Crippen LogP contribution < -0.4 is 5.32 Å². The highest BCUT2D eigenvalue weighted by molar-refractivity contribution is 5.33. The molecule has 96 valence electrons. The molecule has 0 aliphatic heterocycles. The summed E-state index contributed by atoms with van der Waals surface area (Å²) in [6.45, 7) is 13.5. The summed E-state index contributed by atoms with van der Waals surface area (Å²) in [4.78, 5) is 0. The lowest BCUT2D eigenvalue weighted by Gasteiger charge is -2.26. The molecule has 0 fully saturated rings. The van der Waals surface area contributed by atoms with E-state index in [-0.39, 0.29) is 5.41 Å². The van der Waals surface area contributed by atoms with Crippen molar-refractivity contribution in [2.24, 2.45) is 0 Å². The van der Waals surface area contributed by atoms with Gasteiger partial charge in [0.2, 0.25) is 0 Å². The van der Waals surface area contributed by atoms with E-state index in [2.05, 4.69) is 58.1 Å². The number of hydrogen-bond acceptors (Lipinski definition) is 1. The van der Waals surface area contributed by atoms with E-state index in [1.807, 2.05) is 0 Å². The maximum Gasteiger partial charge on any atom is -0.00406 e. The molecule has 0 unspecified atom stereocenters. The van der Waals surface area contributed by atoms with Crippen molar-refractivity contribution in [2.45, 2.75) is 52.9 Å². The number of nitrogens with one attached hydrogen (secondary N) is 1. The third-order valence-corrected chi connectivity index (χ3v) is 3.36. The van der Waals surface area contributed by atoms with Gasteiger partial charge in [0.25, 0.3) is 0 Å². The number of benzene rings is 1. The lowest BCUT2D eigenvalue weighted by Crippen LogP contribution is -2.26. The average molecular weight is 233 g/mol. The fraction of sp³-hybridized carbons (Fsp3) is 0.625. The first-order chi connectivity index (χ1) is 7.95. The fourth-order valence-electron chi connectivity index (χ4n) is 2.21. The molecule has 0 bridgehead atoms. The second kappa shape index (κ2) is 6.20. The molecule has 0 saturated heterocycles. The molecule has 0 heterocycles. The normalized spacial score (nSPS) is 11.8. The van der Waals surface area contributed by atoms with Crippen molar-refractivity contribution >= 4 is 0 Å². The largest absolute Gasteiger partial charge is 0.317 e. The molecule has 17 heavy (non-hydrogen) atoms. The quantitative estimate of drug-likeness (QED) is 0.733. The van der Waals surface area contributed by atoms with Gasteiger partial charge in [-0.2, -0.15) is 0 Å². The molecular weight excluding hydrogens is 206 g/mol. The van der Waals surface area contributed by atoms with Crippen molar-refractivity contribution in [2.75, 3.05) is 13.1 Å². The summed E-state index contributed by atoms with van der Waals surface area (Å²) < 4.78 is 0. The van der Waals surface area contributed by atoms with Crippen LogP contribution in [0.4, 0.5) is 0 Å². The van der Waals surface area contributed by atoms with E-state index in [9.17, 15) is 0 Å². The van der Waals surface area contributed by atoms with Gasteiger partial charge in [-0.1, -0.05) is 50.1 Å². The molecule has 1 nitrogen and oxygen atoms in total. The van der Waals surface area contributed by atoms with Crippen molar-refractivity contribution in [3.63, 3.8) is 0 Å². The SMILES string of the molecule is CCCNCCC(C)(C)c1cc(C)cc(C)c1. The highest BCUT2D eigenvalue weighted by atomic mass is 14.8. The second-order valence-corrected chi connectivity index (χ2v) is 5.76. The van der Waals surface area contributed by atoms with E-state index >= 15 is 0 Å². The Labute approximate surface area is 107 Å². The van der Waals surface area contributed by atoms with Crippen LogP contribution >= 0.6 is 0 Å². The zero-order valence-corrected chi connectivity index (χ0v) is 12.1. The number of hydrogen-bond donors (Lipinski definition) is 1. The molecule has 1 N–H and O–H groups in total. The van der Waals surface area contributed by atoms with E-state index in [1.54, 1.807) is 0 Å². The molecule has 0 atom stereocenters. The van der Waals surface area contributed by atoms with Crippen LogP contribution in [0.25, 0.3) is 0 Å². The zero-order valence-electron chi connectivity index (χ0n) is 12.1. The van der Waals surface area contributed by atoms with E-state index in [1.165, 1.54) is 29.5 Å². The van der Waals surface area contributed by atoms with Crippen LogP contribution in [0.15, 0.2) is 18.2 Å². The molecule has 0 radical (unpaired) electrons. The van der Waals surface area contributed by atoms with E-state index in [0.29, 0.717) is 0 Å². The molecular formula is C16H27N. The van der Waals surface area contributed by atoms with Gasteiger partial charge >= 0.3 is 0 Å². The lowest BCUT2D eigenvalue weighted by molar-refractivity contribution is 0.457. The zero-order chi connectivity index (χ0) is 12.9. The summed E-state index contributed by atoms with van der Waals surface area (Å²) in [5, 5.41) is 3.49. The highest BCUT2D eigenvalue weighted by Gasteiger charge is 2.20. The van der Waals surface area contributed by atoms with Gasteiger partial charge in [0.1, 0.15) is 0 Å². The van der Waals surface area contributed by atoms with Crippen LogP contribution in [0.2, 0.25) is 0 Å². The topological polar surface area (TPSA) is 12.0 Å². The molecule has 1 aromatic rings. The van der Waals surface area contributed by atoms with Gasteiger partial charge in [0, 0.05) is 0 Å². The summed E-state index contributed by atoms with van der Waals surface area (Å²) in [7, 11) is 0. The van der Waals surface area contributed by atoms with Crippen LogP contribution in [0.3, 0.4) is 0 Å². The van der Waals surface area contributed by atoms with Crippen LogP contribution in [-0.2, 0) is 5.41 Å². The Hall–Kier alpha value is -0.820. The first kappa shape index (κ1) is 14.2. The standard InChI is InChI=1S/C16H27N/c1-6-8-17-9-7-16(4,5)15-11-13(2)10-14(3)12-15/h10-12,17H,6-9H2,1-5H3. The maximum atomic E-state index is 3.49. The molecule has 0 aliphatic rings. The third-order valence-electron chi connectivity index (χ3n) is 3.36. The fourth-order valence-corrected chi connectivity index (χ4v) is 2.21.